The molecule has 0 aliphatic carbocycles. The van der Waals surface area contributed by atoms with E-state index in [0.29, 0.717) is 0 Å². The molecule has 4 N–H and O–H groups in total. The number of amides is 1. The molecule has 4 nitrogen and oxygen atoms in total. The maximum absolute atomic E-state index is 13.7. The fourth-order valence-corrected chi connectivity index (χ4v) is 1.90. The van der Waals surface area contributed by atoms with Crippen LogP contribution >= 0.6 is 12.2 Å². The first-order valence-corrected chi connectivity index (χ1v) is 6.06. The van der Waals surface area contributed by atoms with Crippen molar-refractivity contribution in [3.63, 3.8) is 0 Å². The van der Waals surface area contributed by atoms with E-state index in [-0.39, 0.29) is 27.6 Å². The van der Waals surface area contributed by atoms with Crippen molar-refractivity contribution in [2.24, 2.45) is 11.5 Å². The minimum atomic E-state index is -0.645. The van der Waals surface area contributed by atoms with Gasteiger partial charge in [0.2, 0.25) is 0 Å². The number of para-hydroxylation sites is 1. The Bertz CT molecular complexity index is 689. The van der Waals surface area contributed by atoms with Crippen molar-refractivity contribution < 1.29 is 13.9 Å². The molecule has 0 spiro atoms. The van der Waals surface area contributed by atoms with Crippen LogP contribution in [0.2, 0.25) is 0 Å². The fourth-order valence-electron chi connectivity index (χ4n) is 1.71. The summed E-state index contributed by atoms with van der Waals surface area (Å²) in [6.07, 6.45) is 0. The first-order chi connectivity index (χ1) is 9.50. The quantitative estimate of drug-likeness (QED) is 0.847. The third kappa shape index (κ3) is 2.75. The summed E-state index contributed by atoms with van der Waals surface area (Å²) in [7, 11) is 0. The highest BCUT2D eigenvalue weighted by Gasteiger charge is 2.15. The zero-order valence-corrected chi connectivity index (χ0v) is 11.1. The summed E-state index contributed by atoms with van der Waals surface area (Å²) in [5.74, 6) is -0.894. The van der Waals surface area contributed by atoms with Crippen LogP contribution in [0.1, 0.15) is 15.9 Å². The van der Waals surface area contributed by atoms with Gasteiger partial charge >= 0.3 is 0 Å². The Hall–Kier alpha value is -2.47. The molecule has 0 saturated heterocycles. The third-order valence-electron chi connectivity index (χ3n) is 2.59. The number of hydrogen-bond donors (Lipinski definition) is 2. The van der Waals surface area contributed by atoms with Crippen LogP contribution in [-0.4, -0.2) is 10.9 Å². The number of benzene rings is 2. The van der Waals surface area contributed by atoms with E-state index in [9.17, 15) is 9.18 Å². The Morgan fingerprint density at radius 1 is 1.05 bits per heavy atom. The molecule has 2 aromatic rings. The van der Waals surface area contributed by atoms with Crippen LogP contribution in [0, 0.1) is 5.82 Å². The Morgan fingerprint density at radius 2 is 1.70 bits per heavy atom. The summed E-state index contributed by atoms with van der Waals surface area (Å²) in [6, 6.07) is 10.6. The molecule has 0 aliphatic rings. The Balaban J connectivity index is 2.49. The van der Waals surface area contributed by atoms with E-state index in [4.69, 9.17) is 28.4 Å². The van der Waals surface area contributed by atoms with E-state index in [1.54, 1.807) is 18.2 Å². The highest BCUT2D eigenvalue weighted by molar-refractivity contribution is 7.80. The molecule has 0 saturated carbocycles. The number of nitrogens with two attached hydrogens (primary N) is 2. The van der Waals surface area contributed by atoms with Gasteiger partial charge in [-0.1, -0.05) is 30.4 Å². The third-order valence-corrected chi connectivity index (χ3v) is 2.80. The van der Waals surface area contributed by atoms with Crippen LogP contribution in [0.25, 0.3) is 0 Å². The van der Waals surface area contributed by atoms with E-state index in [0.717, 1.165) is 0 Å². The summed E-state index contributed by atoms with van der Waals surface area (Å²) in [5.41, 5.74) is 10.9. The first-order valence-electron chi connectivity index (χ1n) is 5.65. The maximum Gasteiger partial charge on any atom is 0.252 e. The lowest BCUT2D eigenvalue weighted by molar-refractivity contribution is 0.0998. The first kappa shape index (κ1) is 14.0. The number of hydrogen-bond acceptors (Lipinski definition) is 3. The molecule has 0 aliphatic heterocycles. The summed E-state index contributed by atoms with van der Waals surface area (Å²) in [6.45, 7) is 0. The summed E-state index contributed by atoms with van der Waals surface area (Å²) >= 11 is 4.80. The van der Waals surface area contributed by atoms with E-state index in [1.807, 2.05) is 0 Å². The van der Waals surface area contributed by atoms with Crippen LogP contribution < -0.4 is 16.2 Å². The van der Waals surface area contributed by atoms with Gasteiger partial charge in [0, 0.05) is 0 Å². The number of rotatable bonds is 4. The molecule has 6 heteroatoms. The standard InChI is InChI=1S/C14H11FN2O2S/c15-9-5-3-7-11(12(9)14(17)20)19-10-6-2-1-4-8(10)13(16)18/h1-7H,(H2,16,18)(H2,17,20). The minimum absolute atomic E-state index is 0.0122. The van der Waals surface area contributed by atoms with Crippen LogP contribution in [0.4, 0.5) is 4.39 Å². The maximum atomic E-state index is 13.7. The largest absolute Gasteiger partial charge is 0.456 e. The van der Waals surface area contributed by atoms with E-state index >= 15 is 0 Å². The molecule has 0 bridgehead atoms. The minimum Gasteiger partial charge on any atom is -0.456 e. The predicted octanol–water partition coefficient (Wildman–Crippen LogP) is 2.35. The van der Waals surface area contributed by atoms with Crippen molar-refractivity contribution in [1.29, 1.82) is 0 Å². The normalized spacial score (nSPS) is 10.1. The smallest absolute Gasteiger partial charge is 0.252 e. The van der Waals surface area contributed by atoms with Crippen molar-refractivity contribution in [2.45, 2.75) is 0 Å². The molecule has 102 valence electrons. The second kappa shape index (κ2) is 5.66. The second-order valence-electron chi connectivity index (χ2n) is 3.94. The number of carbonyl (C=O) groups is 1. The molecular formula is C14H11FN2O2S. The van der Waals surface area contributed by atoms with Gasteiger partial charge in [-0.3, -0.25) is 4.79 Å². The van der Waals surface area contributed by atoms with Gasteiger partial charge in [-0.2, -0.15) is 0 Å². The van der Waals surface area contributed by atoms with Gasteiger partial charge in [0.1, 0.15) is 22.3 Å². The van der Waals surface area contributed by atoms with Crippen molar-refractivity contribution in [3.05, 3.63) is 59.4 Å². The van der Waals surface area contributed by atoms with Gasteiger partial charge in [0.15, 0.2) is 0 Å². The molecule has 20 heavy (non-hydrogen) atoms. The highest BCUT2D eigenvalue weighted by Crippen LogP contribution is 2.29. The van der Waals surface area contributed by atoms with Crippen molar-refractivity contribution in [3.8, 4) is 11.5 Å². The molecule has 2 rings (SSSR count). The van der Waals surface area contributed by atoms with Gasteiger partial charge in [-0.25, -0.2) is 4.39 Å². The van der Waals surface area contributed by atoms with Crippen LogP contribution in [0.15, 0.2) is 42.5 Å². The lowest BCUT2D eigenvalue weighted by Crippen LogP contribution is -2.15. The summed E-state index contributed by atoms with van der Waals surface area (Å²) in [4.78, 5) is 11.2. The topological polar surface area (TPSA) is 78.3 Å². The predicted molar refractivity (Wildman–Crippen MR) is 77.3 cm³/mol. The van der Waals surface area contributed by atoms with Crippen molar-refractivity contribution >= 4 is 23.1 Å². The van der Waals surface area contributed by atoms with E-state index in [2.05, 4.69) is 0 Å². The SMILES string of the molecule is NC(=O)c1ccccc1Oc1cccc(F)c1C(N)=S. The van der Waals surface area contributed by atoms with Crippen molar-refractivity contribution in [1.82, 2.24) is 0 Å². The zero-order valence-electron chi connectivity index (χ0n) is 10.3. The number of thiocarbonyl (C=S) groups is 1. The van der Waals surface area contributed by atoms with Gasteiger partial charge in [0.05, 0.1) is 11.1 Å². The lowest BCUT2D eigenvalue weighted by atomic mass is 10.1. The average Bonchev–Trinajstić information content (AvgIpc) is 2.38. The van der Waals surface area contributed by atoms with Gasteiger partial charge in [0.25, 0.3) is 5.91 Å². The zero-order chi connectivity index (χ0) is 14.7. The highest BCUT2D eigenvalue weighted by atomic mass is 32.1. The second-order valence-corrected chi connectivity index (χ2v) is 4.38. The van der Waals surface area contributed by atoms with E-state index in [1.165, 1.54) is 24.3 Å². The lowest BCUT2D eigenvalue weighted by Gasteiger charge is -2.12. The molecule has 0 aromatic heterocycles. The van der Waals surface area contributed by atoms with E-state index < -0.39 is 11.7 Å². The number of halogens is 1. The molecule has 0 fully saturated rings. The van der Waals surface area contributed by atoms with Crippen LogP contribution in [0.3, 0.4) is 0 Å². The Kier molecular flexibility index (Phi) is 3.95. The molecule has 0 unspecified atom stereocenters. The summed E-state index contributed by atoms with van der Waals surface area (Å²) < 4.78 is 19.3. The monoisotopic (exact) mass is 290 g/mol. The number of ether oxygens (including phenoxy) is 1. The average molecular weight is 290 g/mol. The van der Waals surface area contributed by atoms with Gasteiger partial charge < -0.3 is 16.2 Å². The molecular weight excluding hydrogens is 279 g/mol. The molecule has 0 heterocycles. The van der Waals surface area contributed by atoms with Crippen molar-refractivity contribution in [2.75, 3.05) is 0 Å². The molecule has 0 atom stereocenters. The Morgan fingerprint density at radius 3 is 2.35 bits per heavy atom. The molecule has 2 aromatic carbocycles. The van der Waals surface area contributed by atoms with Crippen LogP contribution in [0.5, 0.6) is 11.5 Å². The molecule has 1 amide bonds. The number of primary amides is 1. The summed E-state index contributed by atoms with van der Waals surface area (Å²) in [5, 5.41) is 0. The molecule has 0 radical (unpaired) electrons. The van der Waals surface area contributed by atoms with Crippen LogP contribution in [-0.2, 0) is 0 Å². The number of carbonyl (C=O) groups excluding carboxylic acids is 1. The van der Waals surface area contributed by atoms with Gasteiger partial charge in [-0.15, -0.1) is 0 Å². The Labute approximate surface area is 120 Å². The fraction of sp³-hybridized carbons (Fsp3) is 0. The van der Waals surface area contributed by atoms with Gasteiger partial charge in [-0.05, 0) is 24.3 Å².